The molecule has 4 aromatic carbocycles. The molecule has 0 radical (unpaired) electrons. The van der Waals surface area contributed by atoms with E-state index in [9.17, 15) is 4.79 Å². The zero-order valence-corrected chi connectivity index (χ0v) is 23.8. The molecular weight excluding hydrogens is 546 g/mol. The molecule has 4 aromatic rings. The number of hydrogen-bond donors (Lipinski definition) is 0. The van der Waals surface area contributed by atoms with Crippen LogP contribution in [0.25, 0.3) is 0 Å². The van der Waals surface area contributed by atoms with Gasteiger partial charge in [-0.2, -0.15) is 0 Å². The van der Waals surface area contributed by atoms with Crippen molar-refractivity contribution >= 4 is 33.2 Å². The Morgan fingerprint density at radius 1 is 0.692 bits per heavy atom. The third-order valence-corrected chi connectivity index (χ3v) is 8.72. The smallest absolute Gasteiger partial charge is 0.258 e. The van der Waals surface area contributed by atoms with Crippen molar-refractivity contribution in [3.8, 4) is 0 Å². The monoisotopic (exact) mass is 579 g/mol. The molecule has 1 fully saturated rings. The summed E-state index contributed by atoms with van der Waals surface area (Å²) in [4.78, 5) is 20.4. The Kier molecular flexibility index (Phi) is 7.80. The Balaban J connectivity index is 1.10. The lowest BCUT2D eigenvalue weighted by molar-refractivity contribution is 0.0980. The molecular formula is C34H34BrN3O. The fourth-order valence-electron chi connectivity index (χ4n) is 5.96. The Bertz CT molecular complexity index is 1360. The lowest BCUT2D eigenvalue weighted by Crippen LogP contribution is -2.47. The molecule has 5 heteroatoms. The summed E-state index contributed by atoms with van der Waals surface area (Å²) in [5.74, 6) is 0.512. The number of hydrogen-bond acceptors (Lipinski definition) is 3. The van der Waals surface area contributed by atoms with E-state index in [-0.39, 0.29) is 5.91 Å². The van der Waals surface area contributed by atoms with Gasteiger partial charge in [-0.1, -0.05) is 82.7 Å². The highest BCUT2D eigenvalue weighted by molar-refractivity contribution is 9.10. The maximum Gasteiger partial charge on any atom is 0.258 e. The number of nitrogens with zero attached hydrogens (tertiary/aromatic N) is 3. The van der Waals surface area contributed by atoms with Crippen LogP contribution in [-0.4, -0.2) is 50.1 Å². The lowest BCUT2D eigenvalue weighted by atomic mass is 9.88. The van der Waals surface area contributed by atoms with Crippen molar-refractivity contribution in [1.29, 1.82) is 0 Å². The van der Waals surface area contributed by atoms with Crippen molar-refractivity contribution in [2.45, 2.75) is 18.8 Å². The predicted octanol–water partition coefficient (Wildman–Crippen LogP) is 7.00. The largest absolute Gasteiger partial charge is 0.369 e. The second-order valence-corrected chi connectivity index (χ2v) is 11.4. The Hall–Kier alpha value is -3.41. The first-order valence-corrected chi connectivity index (χ1v) is 14.7. The van der Waals surface area contributed by atoms with E-state index >= 15 is 0 Å². The minimum absolute atomic E-state index is 0.104. The number of carbonyl (C=O) groups excluding carboxylic acids is 1. The molecule has 1 saturated heterocycles. The van der Waals surface area contributed by atoms with Crippen LogP contribution in [-0.2, 0) is 6.42 Å². The van der Waals surface area contributed by atoms with Crippen molar-refractivity contribution in [2.75, 3.05) is 49.1 Å². The normalized spacial score (nSPS) is 16.0. The van der Waals surface area contributed by atoms with Gasteiger partial charge < -0.3 is 9.80 Å². The molecule has 0 N–H and O–H groups in total. The maximum atomic E-state index is 13.5. The summed E-state index contributed by atoms with van der Waals surface area (Å²) < 4.78 is 1.02. The molecule has 39 heavy (non-hydrogen) atoms. The number of rotatable bonds is 7. The number of halogens is 1. The van der Waals surface area contributed by atoms with Gasteiger partial charge in [0.2, 0.25) is 0 Å². The average molecular weight is 581 g/mol. The minimum Gasteiger partial charge on any atom is -0.369 e. The van der Waals surface area contributed by atoms with Gasteiger partial charge in [0.15, 0.2) is 0 Å². The molecule has 198 valence electrons. The number of carbonyl (C=O) groups is 1. The molecule has 6 rings (SSSR count). The highest BCUT2D eigenvalue weighted by Gasteiger charge is 2.27. The maximum absolute atomic E-state index is 13.5. The Labute approximate surface area is 240 Å². The summed E-state index contributed by atoms with van der Waals surface area (Å²) in [6.07, 6.45) is 1.99. The van der Waals surface area contributed by atoms with Gasteiger partial charge in [-0.3, -0.25) is 9.69 Å². The topological polar surface area (TPSA) is 26.8 Å². The first kappa shape index (κ1) is 25.8. The van der Waals surface area contributed by atoms with Crippen LogP contribution in [0.4, 0.5) is 11.4 Å². The molecule has 0 atom stereocenters. The van der Waals surface area contributed by atoms with Crippen LogP contribution in [0.2, 0.25) is 0 Å². The summed E-state index contributed by atoms with van der Waals surface area (Å²) in [5.41, 5.74) is 6.89. The minimum atomic E-state index is 0.104. The zero-order chi connectivity index (χ0) is 26.6. The van der Waals surface area contributed by atoms with Gasteiger partial charge in [0.05, 0.1) is 0 Å². The summed E-state index contributed by atoms with van der Waals surface area (Å²) in [6.45, 7) is 5.82. The van der Waals surface area contributed by atoms with Crippen molar-refractivity contribution in [2.24, 2.45) is 0 Å². The molecule has 0 saturated carbocycles. The van der Waals surface area contributed by atoms with E-state index < -0.39 is 0 Å². The summed E-state index contributed by atoms with van der Waals surface area (Å²) in [7, 11) is 0. The SMILES string of the molecule is O=C1c2cc(N3CCN(CCC(c4ccccc4)c4ccccc4)CC3)ccc2CCN1c1ccc(Br)cc1. The molecule has 2 aliphatic rings. The van der Waals surface area contributed by atoms with Gasteiger partial charge in [0.1, 0.15) is 0 Å². The number of fused-ring (bicyclic) bond motifs is 1. The molecule has 0 unspecified atom stereocenters. The van der Waals surface area contributed by atoms with E-state index in [0.29, 0.717) is 5.92 Å². The van der Waals surface area contributed by atoms with E-state index in [1.807, 2.05) is 29.2 Å². The van der Waals surface area contributed by atoms with Gasteiger partial charge >= 0.3 is 0 Å². The second kappa shape index (κ2) is 11.8. The van der Waals surface area contributed by atoms with Gasteiger partial charge in [0.25, 0.3) is 5.91 Å². The fourth-order valence-corrected chi connectivity index (χ4v) is 6.23. The molecule has 2 aliphatic heterocycles. The lowest BCUT2D eigenvalue weighted by Gasteiger charge is -2.37. The highest BCUT2D eigenvalue weighted by Crippen LogP contribution is 2.31. The molecule has 0 aromatic heterocycles. The van der Waals surface area contributed by atoms with E-state index in [0.717, 1.165) is 79.1 Å². The first-order chi connectivity index (χ1) is 19.2. The van der Waals surface area contributed by atoms with E-state index in [4.69, 9.17) is 0 Å². The molecule has 2 heterocycles. The van der Waals surface area contributed by atoms with Crippen molar-refractivity contribution in [3.05, 3.63) is 130 Å². The number of anilines is 2. The van der Waals surface area contributed by atoms with Crippen LogP contribution in [0.3, 0.4) is 0 Å². The Morgan fingerprint density at radius 3 is 1.95 bits per heavy atom. The van der Waals surface area contributed by atoms with Gasteiger partial charge in [-0.05, 0) is 72.5 Å². The third-order valence-electron chi connectivity index (χ3n) is 8.19. The molecule has 0 bridgehead atoms. The third kappa shape index (κ3) is 5.80. The molecule has 1 amide bonds. The number of piperazine rings is 1. The van der Waals surface area contributed by atoms with E-state index in [1.165, 1.54) is 11.1 Å². The fraction of sp³-hybridized carbons (Fsp3) is 0.265. The predicted molar refractivity (Wildman–Crippen MR) is 164 cm³/mol. The average Bonchev–Trinajstić information content (AvgIpc) is 2.99. The summed E-state index contributed by atoms with van der Waals surface area (Å²) >= 11 is 3.49. The van der Waals surface area contributed by atoms with Gasteiger partial charge in [0, 0.05) is 60.1 Å². The van der Waals surface area contributed by atoms with Crippen LogP contribution >= 0.6 is 15.9 Å². The molecule has 0 aliphatic carbocycles. The highest BCUT2D eigenvalue weighted by atomic mass is 79.9. The second-order valence-electron chi connectivity index (χ2n) is 10.5. The van der Waals surface area contributed by atoms with Crippen molar-refractivity contribution in [3.63, 3.8) is 0 Å². The number of benzene rings is 4. The first-order valence-electron chi connectivity index (χ1n) is 13.9. The van der Waals surface area contributed by atoms with Gasteiger partial charge in [-0.15, -0.1) is 0 Å². The van der Waals surface area contributed by atoms with Crippen molar-refractivity contribution < 1.29 is 4.79 Å². The molecule has 4 nitrogen and oxygen atoms in total. The Morgan fingerprint density at radius 2 is 1.31 bits per heavy atom. The van der Waals surface area contributed by atoms with E-state index in [2.05, 4.69) is 105 Å². The van der Waals surface area contributed by atoms with Gasteiger partial charge in [-0.25, -0.2) is 0 Å². The van der Waals surface area contributed by atoms with Crippen LogP contribution in [0.1, 0.15) is 39.4 Å². The van der Waals surface area contributed by atoms with Crippen LogP contribution in [0.5, 0.6) is 0 Å². The van der Waals surface area contributed by atoms with Crippen LogP contribution in [0, 0.1) is 0 Å². The van der Waals surface area contributed by atoms with E-state index in [1.54, 1.807) is 0 Å². The summed E-state index contributed by atoms with van der Waals surface area (Å²) in [5, 5.41) is 0. The zero-order valence-electron chi connectivity index (χ0n) is 22.2. The number of amides is 1. The summed E-state index contributed by atoms with van der Waals surface area (Å²) in [6, 6.07) is 36.3. The quantitative estimate of drug-likeness (QED) is 0.236. The van der Waals surface area contributed by atoms with Crippen molar-refractivity contribution in [1.82, 2.24) is 4.90 Å². The van der Waals surface area contributed by atoms with Crippen LogP contribution < -0.4 is 9.80 Å². The van der Waals surface area contributed by atoms with Crippen LogP contribution in [0.15, 0.2) is 108 Å². The molecule has 0 spiro atoms. The standard InChI is InChI=1S/C34H34BrN3O/c35-29-12-15-30(16-13-29)38-20-17-28-11-14-31(25-33(28)34(38)39)37-23-21-36(22-24-37)19-18-32(26-7-3-1-4-8-26)27-9-5-2-6-10-27/h1-16,25,32H,17-24H2.